The third-order valence-electron chi connectivity index (χ3n) is 5.34. The number of nitrogens with zero attached hydrogens (tertiary/aromatic N) is 2. The highest BCUT2D eigenvalue weighted by Gasteiger charge is 2.27. The molecular weight excluding hydrogens is 352 g/mol. The van der Waals surface area contributed by atoms with Crippen molar-refractivity contribution in [3.05, 3.63) is 53.7 Å². The summed E-state index contributed by atoms with van der Waals surface area (Å²) in [5.74, 6) is 2.39. The summed E-state index contributed by atoms with van der Waals surface area (Å²) >= 11 is 0. The second-order valence-corrected chi connectivity index (χ2v) is 7.52. The molecule has 2 aromatic rings. The van der Waals surface area contributed by atoms with Crippen molar-refractivity contribution in [1.29, 1.82) is 0 Å². The molecule has 0 atom stereocenters. The standard InChI is InChI=1S/C23H26N2O3/c1-17(13-18-10-11-20-21(15-18)28-16-27-20)14-23(26)25(19-7-3-2-4-8-19)22-9-5-6-12-24-22/h5-6,9-13,15,19H,2-4,7-8,14,16H2,1H3. The van der Waals surface area contributed by atoms with E-state index in [1.54, 1.807) is 6.20 Å². The molecule has 0 radical (unpaired) electrons. The minimum Gasteiger partial charge on any atom is -0.454 e. The molecule has 5 heteroatoms. The van der Waals surface area contributed by atoms with Crippen molar-refractivity contribution >= 4 is 17.8 Å². The van der Waals surface area contributed by atoms with Crippen molar-refractivity contribution in [3.63, 3.8) is 0 Å². The van der Waals surface area contributed by atoms with Crippen molar-refractivity contribution in [2.45, 2.75) is 51.5 Å². The Hall–Kier alpha value is -2.82. The molecule has 5 nitrogen and oxygen atoms in total. The van der Waals surface area contributed by atoms with Crippen molar-refractivity contribution in [1.82, 2.24) is 4.98 Å². The van der Waals surface area contributed by atoms with E-state index in [0.717, 1.165) is 41.3 Å². The zero-order valence-corrected chi connectivity index (χ0v) is 16.3. The number of aromatic nitrogens is 1. The molecule has 1 saturated carbocycles. The first-order chi connectivity index (χ1) is 13.7. The fraction of sp³-hybridized carbons (Fsp3) is 0.391. The molecular formula is C23H26N2O3. The highest BCUT2D eigenvalue weighted by molar-refractivity contribution is 5.95. The lowest BCUT2D eigenvalue weighted by Gasteiger charge is -2.33. The van der Waals surface area contributed by atoms with Crippen LogP contribution in [-0.4, -0.2) is 23.7 Å². The largest absolute Gasteiger partial charge is 0.454 e. The fourth-order valence-corrected chi connectivity index (χ4v) is 4.02. The first-order valence-corrected chi connectivity index (χ1v) is 10.0. The van der Waals surface area contributed by atoms with E-state index in [-0.39, 0.29) is 18.7 Å². The van der Waals surface area contributed by atoms with E-state index < -0.39 is 0 Å². The molecule has 1 aliphatic carbocycles. The van der Waals surface area contributed by atoms with Crippen molar-refractivity contribution in [3.8, 4) is 11.5 Å². The maximum absolute atomic E-state index is 13.2. The van der Waals surface area contributed by atoms with Crippen LogP contribution in [0.5, 0.6) is 11.5 Å². The van der Waals surface area contributed by atoms with Gasteiger partial charge < -0.3 is 9.47 Å². The summed E-state index contributed by atoms with van der Waals surface area (Å²) < 4.78 is 10.8. The first-order valence-electron chi connectivity index (χ1n) is 10.0. The fourth-order valence-electron chi connectivity index (χ4n) is 4.02. The zero-order chi connectivity index (χ0) is 19.3. The number of hydrogen-bond acceptors (Lipinski definition) is 4. The van der Waals surface area contributed by atoms with Gasteiger partial charge in [0.25, 0.3) is 0 Å². The summed E-state index contributed by atoms with van der Waals surface area (Å²) in [4.78, 5) is 19.6. The van der Waals surface area contributed by atoms with Gasteiger partial charge in [-0.05, 0) is 49.6 Å². The predicted molar refractivity (Wildman–Crippen MR) is 109 cm³/mol. The molecule has 0 N–H and O–H groups in total. The average Bonchev–Trinajstić information content (AvgIpc) is 3.17. The van der Waals surface area contributed by atoms with E-state index in [2.05, 4.69) is 4.98 Å². The van der Waals surface area contributed by atoms with Crippen LogP contribution in [0.2, 0.25) is 0 Å². The zero-order valence-electron chi connectivity index (χ0n) is 16.3. The number of carbonyl (C=O) groups excluding carboxylic acids is 1. The maximum Gasteiger partial charge on any atom is 0.232 e. The molecule has 0 unspecified atom stereocenters. The van der Waals surface area contributed by atoms with Gasteiger partial charge >= 0.3 is 0 Å². The summed E-state index contributed by atoms with van der Waals surface area (Å²) in [6.45, 7) is 2.26. The highest BCUT2D eigenvalue weighted by Crippen LogP contribution is 2.33. The Labute approximate surface area is 166 Å². The van der Waals surface area contributed by atoms with Crippen LogP contribution < -0.4 is 14.4 Å². The molecule has 28 heavy (non-hydrogen) atoms. The number of hydrogen-bond donors (Lipinski definition) is 0. The lowest BCUT2D eigenvalue weighted by Crippen LogP contribution is -2.42. The molecule has 1 amide bonds. The van der Waals surface area contributed by atoms with E-state index >= 15 is 0 Å². The smallest absolute Gasteiger partial charge is 0.232 e. The third kappa shape index (κ3) is 4.19. The van der Waals surface area contributed by atoms with Crippen LogP contribution in [0.4, 0.5) is 5.82 Å². The summed E-state index contributed by atoms with van der Waals surface area (Å²) in [5.41, 5.74) is 2.03. The van der Waals surface area contributed by atoms with Crippen LogP contribution >= 0.6 is 0 Å². The second-order valence-electron chi connectivity index (χ2n) is 7.52. The van der Waals surface area contributed by atoms with Crippen molar-refractivity contribution in [2.75, 3.05) is 11.7 Å². The van der Waals surface area contributed by atoms with Gasteiger partial charge in [-0.1, -0.05) is 43.0 Å². The number of ether oxygens (including phenoxy) is 2. The van der Waals surface area contributed by atoms with Gasteiger partial charge in [-0.15, -0.1) is 0 Å². The molecule has 1 aromatic heterocycles. The van der Waals surface area contributed by atoms with Gasteiger partial charge in [0.05, 0.1) is 0 Å². The average molecular weight is 378 g/mol. The summed E-state index contributed by atoms with van der Waals surface area (Å²) in [6.07, 6.45) is 9.87. The monoisotopic (exact) mass is 378 g/mol. The number of benzene rings is 1. The Morgan fingerprint density at radius 3 is 2.75 bits per heavy atom. The maximum atomic E-state index is 13.2. The van der Waals surface area contributed by atoms with Crippen LogP contribution in [0.3, 0.4) is 0 Å². The minimum absolute atomic E-state index is 0.111. The minimum atomic E-state index is 0.111. The van der Waals surface area contributed by atoms with Gasteiger partial charge in [-0.2, -0.15) is 0 Å². The molecule has 0 spiro atoms. The molecule has 1 aliphatic heterocycles. The lowest BCUT2D eigenvalue weighted by molar-refractivity contribution is -0.118. The molecule has 0 bridgehead atoms. The molecule has 2 aliphatic rings. The highest BCUT2D eigenvalue weighted by atomic mass is 16.7. The number of pyridine rings is 1. The summed E-state index contributed by atoms with van der Waals surface area (Å²) in [5, 5.41) is 0. The Kier molecular flexibility index (Phi) is 5.60. The Bertz CT molecular complexity index is 857. The van der Waals surface area contributed by atoms with Crippen LogP contribution in [0.1, 0.15) is 51.0 Å². The Morgan fingerprint density at radius 2 is 1.96 bits per heavy atom. The van der Waals surface area contributed by atoms with Crippen LogP contribution in [-0.2, 0) is 4.79 Å². The molecule has 1 fully saturated rings. The predicted octanol–water partition coefficient (Wildman–Crippen LogP) is 4.97. The van der Waals surface area contributed by atoms with E-state index in [1.807, 2.05) is 54.3 Å². The SMILES string of the molecule is CC(=Cc1ccc2c(c1)OCO2)CC(=O)N(c1ccccn1)C1CCCCC1. The quantitative estimate of drug-likeness (QED) is 0.737. The van der Waals surface area contributed by atoms with E-state index in [9.17, 15) is 4.79 Å². The Morgan fingerprint density at radius 1 is 1.14 bits per heavy atom. The van der Waals surface area contributed by atoms with Gasteiger partial charge in [0.2, 0.25) is 12.7 Å². The molecule has 4 rings (SSSR count). The molecule has 2 heterocycles. The van der Waals surface area contributed by atoms with Gasteiger partial charge in [-0.25, -0.2) is 4.98 Å². The van der Waals surface area contributed by atoms with E-state index in [4.69, 9.17) is 9.47 Å². The summed E-state index contributed by atoms with van der Waals surface area (Å²) in [7, 11) is 0. The van der Waals surface area contributed by atoms with Crippen molar-refractivity contribution < 1.29 is 14.3 Å². The molecule has 1 aromatic carbocycles. The van der Waals surface area contributed by atoms with Crippen LogP contribution in [0.15, 0.2) is 48.2 Å². The lowest BCUT2D eigenvalue weighted by atomic mass is 9.93. The normalized spacial score (nSPS) is 16.8. The van der Waals surface area contributed by atoms with Gasteiger partial charge in [0.1, 0.15) is 5.82 Å². The van der Waals surface area contributed by atoms with Gasteiger partial charge in [0.15, 0.2) is 11.5 Å². The number of fused-ring (bicyclic) bond motifs is 1. The van der Waals surface area contributed by atoms with Crippen LogP contribution in [0, 0.1) is 0 Å². The van der Waals surface area contributed by atoms with E-state index in [1.165, 1.54) is 19.3 Å². The van der Waals surface area contributed by atoms with E-state index in [0.29, 0.717) is 6.42 Å². The number of amides is 1. The number of anilines is 1. The topological polar surface area (TPSA) is 51.7 Å². The summed E-state index contributed by atoms with van der Waals surface area (Å²) in [6, 6.07) is 11.9. The van der Waals surface area contributed by atoms with Crippen molar-refractivity contribution in [2.24, 2.45) is 0 Å². The number of rotatable bonds is 5. The number of carbonyl (C=O) groups is 1. The third-order valence-corrected chi connectivity index (χ3v) is 5.34. The van der Waals surface area contributed by atoms with Gasteiger partial charge in [-0.3, -0.25) is 9.69 Å². The van der Waals surface area contributed by atoms with Gasteiger partial charge in [0, 0.05) is 18.7 Å². The van der Waals surface area contributed by atoms with Crippen LogP contribution in [0.25, 0.3) is 6.08 Å². The second kappa shape index (κ2) is 8.46. The first kappa shape index (κ1) is 18.5. The Balaban J connectivity index is 1.51. The molecule has 146 valence electrons. The molecule has 0 saturated heterocycles.